The number of aromatic hydroxyl groups is 1. The van der Waals surface area contributed by atoms with Crippen LogP contribution < -0.4 is 10.1 Å². The lowest BCUT2D eigenvalue weighted by Gasteiger charge is -2.14. The number of amides is 1. The standard InChI is InChI=1S/C14H12BrClN2O3/c1-2-21-13-11(15)4-9(16)5-12(13)18-14(20)8-3-10(19)7-17-6-8/h3-7,19H,2H2,1H3,(H,18,20). The normalized spacial score (nSPS) is 10.2. The summed E-state index contributed by atoms with van der Waals surface area (Å²) >= 11 is 9.33. The molecular weight excluding hydrogens is 360 g/mol. The summed E-state index contributed by atoms with van der Waals surface area (Å²) in [5.41, 5.74) is 0.665. The molecular formula is C14H12BrClN2O3. The maximum Gasteiger partial charge on any atom is 0.257 e. The Bertz CT molecular complexity index is 679. The number of anilines is 1. The van der Waals surface area contributed by atoms with Gasteiger partial charge < -0.3 is 15.2 Å². The molecule has 0 atom stereocenters. The molecule has 0 radical (unpaired) electrons. The summed E-state index contributed by atoms with van der Waals surface area (Å²) in [7, 11) is 0. The number of nitrogens with one attached hydrogen (secondary N) is 1. The molecule has 21 heavy (non-hydrogen) atoms. The second-order valence-electron chi connectivity index (χ2n) is 4.08. The molecule has 2 aromatic rings. The number of carbonyl (C=O) groups is 1. The molecule has 2 N–H and O–H groups in total. The number of nitrogens with zero attached hydrogens (tertiary/aromatic N) is 1. The summed E-state index contributed by atoms with van der Waals surface area (Å²) in [6.45, 7) is 2.28. The van der Waals surface area contributed by atoms with E-state index >= 15 is 0 Å². The first-order valence-electron chi connectivity index (χ1n) is 6.08. The Hall–Kier alpha value is -1.79. The molecule has 7 heteroatoms. The lowest BCUT2D eigenvalue weighted by atomic mass is 10.2. The zero-order valence-corrected chi connectivity index (χ0v) is 13.4. The molecule has 2 rings (SSSR count). The van der Waals surface area contributed by atoms with Crippen LogP contribution in [0.15, 0.2) is 35.1 Å². The van der Waals surface area contributed by atoms with Crippen molar-refractivity contribution in [3.05, 3.63) is 45.7 Å². The molecule has 1 heterocycles. The predicted molar refractivity (Wildman–Crippen MR) is 84.2 cm³/mol. The molecule has 0 aliphatic carbocycles. The number of pyridine rings is 1. The summed E-state index contributed by atoms with van der Waals surface area (Å²) in [5.74, 6) is -0.0168. The maximum absolute atomic E-state index is 12.2. The zero-order valence-electron chi connectivity index (χ0n) is 11.1. The van der Waals surface area contributed by atoms with Crippen LogP contribution in [0.1, 0.15) is 17.3 Å². The van der Waals surface area contributed by atoms with E-state index in [4.69, 9.17) is 16.3 Å². The summed E-state index contributed by atoms with van der Waals surface area (Å²) in [6, 6.07) is 4.59. The minimum atomic E-state index is -0.423. The van der Waals surface area contributed by atoms with Crippen molar-refractivity contribution in [3.63, 3.8) is 0 Å². The molecule has 1 aromatic heterocycles. The number of halogens is 2. The van der Waals surface area contributed by atoms with Gasteiger partial charge in [-0.05, 0) is 41.1 Å². The molecule has 0 bridgehead atoms. The van der Waals surface area contributed by atoms with Crippen LogP contribution in [0.3, 0.4) is 0 Å². The minimum Gasteiger partial charge on any atom is -0.506 e. The Labute approximate surface area is 135 Å². The first-order valence-corrected chi connectivity index (χ1v) is 7.25. The second-order valence-corrected chi connectivity index (χ2v) is 5.37. The van der Waals surface area contributed by atoms with Crippen molar-refractivity contribution in [2.75, 3.05) is 11.9 Å². The van der Waals surface area contributed by atoms with Crippen LogP contribution in [0.5, 0.6) is 11.5 Å². The van der Waals surface area contributed by atoms with Gasteiger partial charge in [0, 0.05) is 11.2 Å². The minimum absolute atomic E-state index is 0.0834. The van der Waals surface area contributed by atoms with Crippen molar-refractivity contribution in [3.8, 4) is 11.5 Å². The molecule has 0 aliphatic rings. The van der Waals surface area contributed by atoms with Gasteiger partial charge in [0.25, 0.3) is 5.91 Å². The number of ether oxygens (including phenoxy) is 1. The third-order valence-corrected chi connectivity index (χ3v) is 3.34. The summed E-state index contributed by atoms with van der Waals surface area (Å²) < 4.78 is 6.14. The Morgan fingerprint density at radius 1 is 1.43 bits per heavy atom. The van der Waals surface area contributed by atoms with E-state index in [9.17, 15) is 9.90 Å². The third-order valence-electron chi connectivity index (χ3n) is 2.53. The van der Waals surface area contributed by atoms with Crippen LogP contribution in [-0.4, -0.2) is 22.6 Å². The number of benzene rings is 1. The van der Waals surface area contributed by atoms with E-state index in [2.05, 4.69) is 26.2 Å². The molecule has 0 unspecified atom stereocenters. The van der Waals surface area contributed by atoms with Gasteiger partial charge in [0.15, 0.2) is 5.75 Å². The smallest absolute Gasteiger partial charge is 0.257 e. The van der Waals surface area contributed by atoms with Gasteiger partial charge in [-0.2, -0.15) is 0 Å². The van der Waals surface area contributed by atoms with Crippen molar-refractivity contribution in [1.82, 2.24) is 4.98 Å². The van der Waals surface area contributed by atoms with Crippen LogP contribution in [0.4, 0.5) is 5.69 Å². The topological polar surface area (TPSA) is 71.5 Å². The summed E-state index contributed by atoms with van der Waals surface area (Å²) in [6.07, 6.45) is 2.60. The van der Waals surface area contributed by atoms with E-state index in [1.165, 1.54) is 18.5 Å². The molecule has 110 valence electrons. The molecule has 0 spiro atoms. The van der Waals surface area contributed by atoms with Gasteiger partial charge in [0.05, 0.1) is 28.5 Å². The molecule has 0 fully saturated rings. The fourth-order valence-corrected chi connectivity index (χ4v) is 2.62. The van der Waals surface area contributed by atoms with E-state index in [0.717, 1.165) is 0 Å². The number of aromatic nitrogens is 1. The van der Waals surface area contributed by atoms with Crippen molar-refractivity contribution in [1.29, 1.82) is 0 Å². The molecule has 5 nitrogen and oxygen atoms in total. The predicted octanol–water partition coefficient (Wildman–Crippen LogP) is 3.85. The highest BCUT2D eigenvalue weighted by atomic mass is 79.9. The SMILES string of the molecule is CCOc1c(Br)cc(Cl)cc1NC(=O)c1cncc(O)c1. The second kappa shape index (κ2) is 6.78. The van der Waals surface area contributed by atoms with Gasteiger partial charge in [0.2, 0.25) is 0 Å². The van der Waals surface area contributed by atoms with Crippen molar-refractivity contribution >= 4 is 39.1 Å². The monoisotopic (exact) mass is 370 g/mol. The molecule has 0 saturated heterocycles. The highest BCUT2D eigenvalue weighted by Crippen LogP contribution is 2.36. The largest absolute Gasteiger partial charge is 0.506 e. The van der Waals surface area contributed by atoms with Gasteiger partial charge in [-0.15, -0.1) is 0 Å². The van der Waals surface area contributed by atoms with Gasteiger partial charge in [0.1, 0.15) is 5.75 Å². The van der Waals surface area contributed by atoms with Crippen LogP contribution in [0.25, 0.3) is 0 Å². The fraction of sp³-hybridized carbons (Fsp3) is 0.143. The average Bonchev–Trinajstić information content (AvgIpc) is 2.42. The Morgan fingerprint density at radius 2 is 2.19 bits per heavy atom. The number of hydrogen-bond donors (Lipinski definition) is 2. The van der Waals surface area contributed by atoms with Gasteiger partial charge in [-0.1, -0.05) is 11.6 Å². The molecule has 1 aromatic carbocycles. The van der Waals surface area contributed by atoms with Crippen LogP contribution in [0.2, 0.25) is 5.02 Å². The van der Waals surface area contributed by atoms with E-state index in [-0.39, 0.29) is 11.3 Å². The van der Waals surface area contributed by atoms with Gasteiger partial charge in [-0.3, -0.25) is 9.78 Å². The van der Waals surface area contributed by atoms with E-state index in [1.54, 1.807) is 12.1 Å². The summed E-state index contributed by atoms with van der Waals surface area (Å²) in [4.78, 5) is 15.9. The first-order chi connectivity index (χ1) is 10.0. The molecule has 0 aliphatic heterocycles. The Morgan fingerprint density at radius 3 is 2.86 bits per heavy atom. The number of carbonyl (C=O) groups excluding carboxylic acids is 1. The lowest BCUT2D eigenvalue weighted by Crippen LogP contribution is -2.13. The number of rotatable bonds is 4. The Balaban J connectivity index is 2.32. The first kappa shape index (κ1) is 15.6. The quantitative estimate of drug-likeness (QED) is 0.856. The van der Waals surface area contributed by atoms with Crippen molar-refractivity contribution < 1.29 is 14.6 Å². The number of hydrogen-bond acceptors (Lipinski definition) is 4. The fourth-order valence-electron chi connectivity index (χ4n) is 1.69. The highest BCUT2D eigenvalue weighted by Gasteiger charge is 2.14. The van der Waals surface area contributed by atoms with Crippen LogP contribution in [0, 0.1) is 0 Å². The Kier molecular flexibility index (Phi) is 5.03. The molecule has 1 amide bonds. The average molecular weight is 372 g/mol. The molecule has 0 saturated carbocycles. The third kappa shape index (κ3) is 3.86. The highest BCUT2D eigenvalue weighted by molar-refractivity contribution is 9.10. The van der Waals surface area contributed by atoms with Crippen LogP contribution >= 0.6 is 27.5 Å². The summed E-state index contributed by atoms with van der Waals surface area (Å²) in [5, 5.41) is 12.5. The van der Waals surface area contributed by atoms with E-state index in [0.29, 0.717) is 27.5 Å². The van der Waals surface area contributed by atoms with Gasteiger partial charge in [-0.25, -0.2) is 0 Å². The van der Waals surface area contributed by atoms with E-state index in [1.807, 2.05) is 6.92 Å². The van der Waals surface area contributed by atoms with Gasteiger partial charge >= 0.3 is 0 Å². The zero-order chi connectivity index (χ0) is 15.4. The maximum atomic E-state index is 12.2. The van der Waals surface area contributed by atoms with Crippen molar-refractivity contribution in [2.24, 2.45) is 0 Å². The lowest BCUT2D eigenvalue weighted by molar-refractivity contribution is 0.102. The van der Waals surface area contributed by atoms with Crippen molar-refractivity contribution in [2.45, 2.75) is 6.92 Å². The van der Waals surface area contributed by atoms with Crippen LogP contribution in [-0.2, 0) is 0 Å². The van der Waals surface area contributed by atoms with E-state index < -0.39 is 5.91 Å².